The first-order valence-electron chi connectivity index (χ1n) is 6.48. The molecule has 0 N–H and O–H groups in total. The van der Waals surface area contributed by atoms with Gasteiger partial charge >= 0.3 is 5.97 Å². The van der Waals surface area contributed by atoms with Crippen molar-refractivity contribution >= 4 is 14.3 Å². The number of esters is 1. The molecule has 0 fully saturated rings. The van der Waals surface area contributed by atoms with Crippen molar-refractivity contribution in [2.24, 2.45) is 0 Å². The normalized spacial score (nSPS) is 12.3. The van der Waals surface area contributed by atoms with Gasteiger partial charge in [0.25, 0.3) is 0 Å². The van der Waals surface area contributed by atoms with Crippen LogP contribution in [0.2, 0.25) is 18.1 Å². The lowest BCUT2D eigenvalue weighted by Gasteiger charge is -2.36. The van der Waals surface area contributed by atoms with Gasteiger partial charge in [-0.05, 0) is 35.8 Å². The van der Waals surface area contributed by atoms with Gasteiger partial charge in [0, 0.05) is 0 Å². The van der Waals surface area contributed by atoms with Crippen LogP contribution in [0.3, 0.4) is 0 Å². The SMILES string of the molecule is COC(=O)c1cccc(CO[Si](C)(C)C(C)(C)C)c1. The third-order valence-corrected chi connectivity index (χ3v) is 8.23. The summed E-state index contributed by atoms with van der Waals surface area (Å²) >= 11 is 0. The van der Waals surface area contributed by atoms with Gasteiger partial charge in [0.15, 0.2) is 8.32 Å². The number of hydrogen-bond donors (Lipinski definition) is 0. The van der Waals surface area contributed by atoms with Crippen molar-refractivity contribution in [2.75, 3.05) is 7.11 Å². The van der Waals surface area contributed by atoms with E-state index >= 15 is 0 Å². The lowest BCUT2D eigenvalue weighted by molar-refractivity contribution is 0.0600. The Morgan fingerprint density at radius 1 is 1.26 bits per heavy atom. The van der Waals surface area contributed by atoms with E-state index in [1.807, 2.05) is 18.2 Å². The second-order valence-electron chi connectivity index (χ2n) is 6.24. The predicted octanol–water partition coefficient (Wildman–Crippen LogP) is 4.00. The first-order chi connectivity index (χ1) is 8.67. The zero-order valence-corrected chi connectivity index (χ0v) is 13.7. The Morgan fingerprint density at radius 2 is 1.89 bits per heavy atom. The van der Waals surface area contributed by atoms with E-state index in [4.69, 9.17) is 9.16 Å². The van der Waals surface area contributed by atoms with Crippen LogP contribution in [0.1, 0.15) is 36.7 Å². The zero-order valence-electron chi connectivity index (χ0n) is 12.7. The van der Waals surface area contributed by atoms with Crippen LogP contribution in [0.5, 0.6) is 0 Å². The highest BCUT2D eigenvalue weighted by atomic mass is 28.4. The Bertz CT molecular complexity index is 447. The van der Waals surface area contributed by atoms with E-state index in [0.29, 0.717) is 12.2 Å². The number of ether oxygens (including phenoxy) is 1. The quantitative estimate of drug-likeness (QED) is 0.618. The first kappa shape index (κ1) is 15.9. The van der Waals surface area contributed by atoms with E-state index in [1.165, 1.54) is 7.11 Å². The Hall–Kier alpha value is -1.13. The maximum Gasteiger partial charge on any atom is 0.337 e. The molecule has 106 valence electrons. The third kappa shape index (κ3) is 4.18. The second kappa shape index (κ2) is 5.88. The molecule has 0 spiro atoms. The predicted molar refractivity (Wildman–Crippen MR) is 79.8 cm³/mol. The number of carbonyl (C=O) groups is 1. The van der Waals surface area contributed by atoms with Crippen LogP contribution in [0.15, 0.2) is 24.3 Å². The van der Waals surface area contributed by atoms with Gasteiger partial charge in [-0.2, -0.15) is 0 Å². The van der Waals surface area contributed by atoms with Gasteiger partial charge in [-0.1, -0.05) is 32.9 Å². The molecule has 0 aliphatic carbocycles. The van der Waals surface area contributed by atoms with Crippen molar-refractivity contribution in [3.8, 4) is 0 Å². The minimum atomic E-state index is -1.76. The number of carbonyl (C=O) groups excluding carboxylic acids is 1. The molecule has 0 aromatic heterocycles. The van der Waals surface area contributed by atoms with E-state index in [9.17, 15) is 4.79 Å². The van der Waals surface area contributed by atoms with Gasteiger partial charge in [-0.25, -0.2) is 4.79 Å². The van der Waals surface area contributed by atoms with Crippen molar-refractivity contribution in [1.82, 2.24) is 0 Å². The fourth-order valence-corrected chi connectivity index (χ4v) is 2.35. The van der Waals surface area contributed by atoms with Crippen molar-refractivity contribution in [2.45, 2.75) is 45.5 Å². The summed E-state index contributed by atoms with van der Waals surface area (Å²) in [6.07, 6.45) is 0. The monoisotopic (exact) mass is 280 g/mol. The molecule has 1 aromatic rings. The van der Waals surface area contributed by atoms with Crippen LogP contribution in [0.4, 0.5) is 0 Å². The average Bonchev–Trinajstić information content (AvgIpc) is 2.34. The Kier molecular flexibility index (Phi) is 4.93. The summed E-state index contributed by atoms with van der Waals surface area (Å²) in [6, 6.07) is 7.41. The Balaban J connectivity index is 2.76. The van der Waals surface area contributed by atoms with Gasteiger partial charge in [-0.3, -0.25) is 0 Å². The number of methoxy groups -OCH3 is 1. The van der Waals surface area contributed by atoms with E-state index in [-0.39, 0.29) is 11.0 Å². The maximum atomic E-state index is 11.5. The van der Waals surface area contributed by atoms with Crippen molar-refractivity contribution in [3.63, 3.8) is 0 Å². The molecule has 0 saturated heterocycles. The lowest BCUT2D eigenvalue weighted by atomic mass is 10.1. The molecule has 0 unspecified atom stereocenters. The molecule has 0 heterocycles. The number of hydrogen-bond acceptors (Lipinski definition) is 3. The van der Waals surface area contributed by atoms with Crippen LogP contribution in [0, 0.1) is 0 Å². The van der Waals surface area contributed by atoms with Gasteiger partial charge in [0.1, 0.15) is 0 Å². The van der Waals surface area contributed by atoms with E-state index in [1.54, 1.807) is 6.07 Å². The minimum absolute atomic E-state index is 0.187. The zero-order chi connectivity index (χ0) is 14.7. The van der Waals surface area contributed by atoms with Gasteiger partial charge < -0.3 is 9.16 Å². The van der Waals surface area contributed by atoms with Crippen molar-refractivity contribution < 1.29 is 14.0 Å². The first-order valence-corrected chi connectivity index (χ1v) is 9.39. The van der Waals surface area contributed by atoms with Crippen molar-refractivity contribution in [1.29, 1.82) is 0 Å². The summed E-state index contributed by atoms with van der Waals surface area (Å²) in [5, 5.41) is 0.187. The molecule has 0 bridgehead atoms. The Morgan fingerprint density at radius 3 is 2.42 bits per heavy atom. The largest absolute Gasteiger partial charge is 0.465 e. The highest BCUT2D eigenvalue weighted by Gasteiger charge is 2.36. The molecular formula is C15H24O3Si. The second-order valence-corrected chi connectivity index (χ2v) is 11.1. The fraction of sp³-hybridized carbons (Fsp3) is 0.533. The molecule has 0 aliphatic rings. The molecule has 19 heavy (non-hydrogen) atoms. The van der Waals surface area contributed by atoms with Gasteiger partial charge in [0.05, 0.1) is 19.3 Å². The molecule has 0 amide bonds. The van der Waals surface area contributed by atoms with Gasteiger partial charge in [0.2, 0.25) is 0 Å². The topological polar surface area (TPSA) is 35.5 Å². The van der Waals surface area contributed by atoms with Crippen LogP contribution in [-0.2, 0) is 15.8 Å². The number of benzene rings is 1. The maximum absolute atomic E-state index is 11.5. The minimum Gasteiger partial charge on any atom is -0.465 e. The molecule has 1 aromatic carbocycles. The molecule has 1 rings (SSSR count). The van der Waals surface area contributed by atoms with E-state index < -0.39 is 8.32 Å². The molecule has 4 heteroatoms. The highest BCUT2D eigenvalue weighted by Crippen LogP contribution is 2.37. The van der Waals surface area contributed by atoms with E-state index in [2.05, 4.69) is 33.9 Å². The van der Waals surface area contributed by atoms with Crippen LogP contribution >= 0.6 is 0 Å². The van der Waals surface area contributed by atoms with Crippen LogP contribution < -0.4 is 0 Å². The molecule has 0 aliphatic heterocycles. The van der Waals surface area contributed by atoms with Crippen LogP contribution in [-0.4, -0.2) is 21.4 Å². The fourth-order valence-electron chi connectivity index (χ4n) is 1.39. The molecule has 0 atom stereocenters. The van der Waals surface area contributed by atoms with Gasteiger partial charge in [-0.15, -0.1) is 0 Å². The smallest absolute Gasteiger partial charge is 0.337 e. The van der Waals surface area contributed by atoms with E-state index in [0.717, 1.165) is 5.56 Å². The molecular weight excluding hydrogens is 256 g/mol. The highest BCUT2D eigenvalue weighted by molar-refractivity contribution is 6.74. The molecule has 0 saturated carbocycles. The number of rotatable bonds is 4. The summed E-state index contributed by atoms with van der Waals surface area (Å²) in [6.45, 7) is 11.6. The third-order valence-electron chi connectivity index (χ3n) is 3.75. The summed E-state index contributed by atoms with van der Waals surface area (Å²) < 4.78 is 10.9. The Labute approximate surface area is 117 Å². The molecule has 3 nitrogen and oxygen atoms in total. The van der Waals surface area contributed by atoms with Crippen LogP contribution in [0.25, 0.3) is 0 Å². The summed E-state index contributed by atoms with van der Waals surface area (Å²) in [4.78, 5) is 11.5. The van der Waals surface area contributed by atoms with Crippen molar-refractivity contribution in [3.05, 3.63) is 35.4 Å². The average molecular weight is 280 g/mol. The molecule has 0 radical (unpaired) electrons. The standard InChI is InChI=1S/C15H24O3Si/c1-15(2,3)19(5,6)18-11-12-8-7-9-13(10-12)14(16)17-4/h7-10H,11H2,1-6H3. The lowest BCUT2D eigenvalue weighted by Crippen LogP contribution is -2.40. The summed E-state index contributed by atoms with van der Waals surface area (Å²) in [5.41, 5.74) is 1.58. The summed E-state index contributed by atoms with van der Waals surface area (Å²) in [5.74, 6) is -0.311. The summed E-state index contributed by atoms with van der Waals surface area (Å²) in [7, 11) is -0.367.